The van der Waals surface area contributed by atoms with Crippen LogP contribution < -0.4 is 15.0 Å². The van der Waals surface area contributed by atoms with Crippen molar-refractivity contribution in [3.05, 3.63) is 45.4 Å². The lowest BCUT2D eigenvalue weighted by Crippen LogP contribution is -2.17. The van der Waals surface area contributed by atoms with Crippen LogP contribution in [0, 0.1) is 6.92 Å². The quantitative estimate of drug-likeness (QED) is 0.679. The highest BCUT2D eigenvalue weighted by Crippen LogP contribution is 2.26. The van der Waals surface area contributed by atoms with E-state index in [4.69, 9.17) is 9.47 Å². The molecule has 0 spiro atoms. The zero-order chi connectivity index (χ0) is 15.4. The number of hydrogen-bond donors (Lipinski definition) is 1. The first kappa shape index (κ1) is 15.4. The minimum absolute atomic E-state index is 0.107. The van der Waals surface area contributed by atoms with Crippen LogP contribution in [0.1, 0.15) is 16.8 Å². The zero-order valence-corrected chi connectivity index (χ0v) is 13.3. The molecule has 2 rings (SSSR count). The van der Waals surface area contributed by atoms with E-state index in [-0.39, 0.29) is 5.56 Å². The third-order valence-electron chi connectivity index (χ3n) is 3.26. The number of thioether (sulfide) groups is 1. The third-order valence-corrected chi connectivity index (χ3v) is 3.84. The molecule has 0 saturated heterocycles. The minimum atomic E-state index is -0.107. The van der Waals surface area contributed by atoms with E-state index in [1.54, 1.807) is 14.2 Å². The van der Waals surface area contributed by atoms with Crippen LogP contribution in [0.5, 0.6) is 11.5 Å². The Labute approximate surface area is 127 Å². The molecule has 0 unspecified atom stereocenters. The number of aromatic nitrogens is 2. The van der Waals surface area contributed by atoms with Crippen molar-refractivity contribution in [1.29, 1.82) is 0 Å². The van der Waals surface area contributed by atoms with Crippen molar-refractivity contribution in [2.24, 2.45) is 0 Å². The summed E-state index contributed by atoms with van der Waals surface area (Å²) in [5.74, 6) is 1.42. The van der Waals surface area contributed by atoms with E-state index in [0.717, 1.165) is 17.0 Å². The molecule has 6 heteroatoms. The van der Waals surface area contributed by atoms with Crippen LogP contribution >= 0.6 is 11.8 Å². The lowest BCUT2D eigenvalue weighted by atomic mass is 10.0. The highest BCUT2D eigenvalue weighted by Gasteiger charge is 2.12. The third kappa shape index (κ3) is 3.39. The first-order valence-corrected chi connectivity index (χ1v) is 7.66. The number of hydrogen-bond acceptors (Lipinski definition) is 5. The summed E-state index contributed by atoms with van der Waals surface area (Å²) in [6.07, 6.45) is 2.35. The van der Waals surface area contributed by atoms with Gasteiger partial charge in [-0.2, -0.15) is 0 Å². The van der Waals surface area contributed by atoms with Crippen LogP contribution in [0.3, 0.4) is 0 Å². The van der Waals surface area contributed by atoms with E-state index in [1.165, 1.54) is 11.8 Å². The summed E-state index contributed by atoms with van der Waals surface area (Å²) in [6.45, 7) is 1.85. The van der Waals surface area contributed by atoms with Crippen LogP contribution in [0.4, 0.5) is 0 Å². The monoisotopic (exact) mass is 306 g/mol. The summed E-state index contributed by atoms with van der Waals surface area (Å²) in [5, 5.41) is 0.628. The molecule has 0 aliphatic carbocycles. The molecule has 0 amide bonds. The Morgan fingerprint density at radius 2 is 2.05 bits per heavy atom. The molecule has 2 aromatic rings. The van der Waals surface area contributed by atoms with Gasteiger partial charge in [-0.15, -0.1) is 0 Å². The van der Waals surface area contributed by atoms with Crippen molar-refractivity contribution in [3.63, 3.8) is 0 Å². The van der Waals surface area contributed by atoms with Crippen LogP contribution in [0.2, 0.25) is 0 Å². The molecule has 1 aromatic carbocycles. The van der Waals surface area contributed by atoms with E-state index >= 15 is 0 Å². The summed E-state index contributed by atoms with van der Waals surface area (Å²) in [5.41, 5.74) is 2.20. The number of benzene rings is 1. The maximum atomic E-state index is 12.2. The minimum Gasteiger partial charge on any atom is -0.497 e. The van der Waals surface area contributed by atoms with Gasteiger partial charge in [-0.05, 0) is 24.8 Å². The normalized spacial score (nSPS) is 10.5. The maximum absolute atomic E-state index is 12.2. The van der Waals surface area contributed by atoms with Crippen LogP contribution in [0.15, 0.2) is 28.2 Å². The van der Waals surface area contributed by atoms with Crippen molar-refractivity contribution in [2.45, 2.75) is 18.5 Å². The molecule has 5 nitrogen and oxygen atoms in total. The number of nitrogens with one attached hydrogen (secondary N) is 1. The van der Waals surface area contributed by atoms with Gasteiger partial charge in [0.1, 0.15) is 11.5 Å². The molecule has 1 N–H and O–H groups in total. The van der Waals surface area contributed by atoms with Gasteiger partial charge in [-0.3, -0.25) is 4.79 Å². The van der Waals surface area contributed by atoms with Crippen LogP contribution in [-0.4, -0.2) is 30.4 Å². The largest absolute Gasteiger partial charge is 0.497 e. The smallest absolute Gasteiger partial charge is 0.255 e. The number of aromatic amines is 1. The Morgan fingerprint density at radius 1 is 1.29 bits per heavy atom. The lowest BCUT2D eigenvalue weighted by molar-refractivity contribution is 0.391. The van der Waals surface area contributed by atoms with Crippen molar-refractivity contribution in [1.82, 2.24) is 9.97 Å². The summed E-state index contributed by atoms with van der Waals surface area (Å²) < 4.78 is 10.5. The van der Waals surface area contributed by atoms with Gasteiger partial charge < -0.3 is 14.5 Å². The summed E-state index contributed by atoms with van der Waals surface area (Å²) in [7, 11) is 3.21. The molecule has 0 radical (unpaired) electrons. The van der Waals surface area contributed by atoms with E-state index < -0.39 is 0 Å². The van der Waals surface area contributed by atoms with Crippen molar-refractivity contribution in [3.8, 4) is 11.5 Å². The van der Waals surface area contributed by atoms with Crippen LogP contribution in [-0.2, 0) is 6.42 Å². The van der Waals surface area contributed by atoms with Crippen molar-refractivity contribution in [2.75, 3.05) is 20.5 Å². The molecule has 1 heterocycles. The second kappa shape index (κ2) is 6.67. The van der Waals surface area contributed by atoms with Gasteiger partial charge in [-0.25, -0.2) is 4.98 Å². The fourth-order valence-corrected chi connectivity index (χ4v) is 2.50. The first-order chi connectivity index (χ1) is 10.1. The Morgan fingerprint density at radius 3 is 2.62 bits per heavy atom. The fourth-order valence-electron chi connectivity index (χ4n) is 2.08. The molecule has 0 bridgehead atoms. The average Bonchev–Trinajstić information content (AvgIpc) is 2.50. The summed E-state index contributed by atoms with van der Waals surface area (Å²) >= 11 is 1.42. The van der Waals surface area contributed by atoms with Gasteiger partial charge in [0.05, 0.1) is 14.2 Å². The molecular formula is C15H18N2O3S. The molecule has 0 aliphatic rings. The van der Waals surface area contributed by atoms with Gasteiger partial charge in [0.25, 0.3) is 5.56 Å². The Bertz CT molecular complexity index is 698. The zero-order valence-electron chi connectivity index (χ0n) is 12.5. The van der Waals surface area contributed by atoms with Gasteiger partial charge >= 0.3 is 0 Å². The highest BCUT2D eigenvalue weighted by atomic mass is 32.2. The fraction of sp³-hybridized carbons (Fsp3) is 0.333. The molecule has 112 valence electrons. The molecule has 0 fully saturated rings. The van der Waals surface area contributed by atoms with E-state index in [2.05, 4.69) is 9.97 Å². The number of rotatable bonds is 5. The first-order valence-electron chi connectivity index (χ1n) is 6.43. The predicted molar refractivity (Wildman–Crippen MR) is 83.7 cm³/mol. The van der Waals surface area contributed by atoms with Gasteiger partial charge in [0.15, 0.2) is 5.16 Å². The topological polar surface area (TPSA) is 64.2 Å². The summed E-state index contributed by atoms with van der Waals surface area (Å²) in [6, 6.07) is 5.56. The number of ether oxygens (including phenoxy) is 2. The van der Waals surface area contributed by atoms with Gasteiger partial charge in [-0.1, -0.05) is 17.8 Å². The Kier molecular flexibility index (Phi) is 4.90. The van der Waals surface area contributed by atoms with E-state index in [0.29, 0.717) is 22.9 Å². The maximum Gasteiger partial charge on any atom is 0.255 e. The van der Waals surface area contributed by atoms with Crippen molar-refractivity contribution < 1.29 is 9.47 Å². The molecule has 0 atom stereocenters. The number of aryl methyl sites for hydroxylation is 1. The highest BCUT2D eigenvalue weighted by molar-refractivity contribution is 7.98. The van der Waals surface area contributed by atoms with Crippen LogP contribution in [0.25, 0.3) is 0 Å². The predicted octanol–water partition coefficient (Wildman–Crippen LogP) is 2.41. The second-order valence-electron chi connectivity index (χ2n) is 4.49. The van der Waals surface area contributed by atoms with Crippen molar-refractivity contribution >= 4 is 11.8 Å². The van der Waals surface area contributed by atoms with E-state index in [9.17, 15) is 4.79 Å². The SMILES string of the molecule is COc1ccc(Cc2c(C)nc(SC)[nH]c2=O)c(OC)c1. The Balaban J connectivity index is 2.41. The number of H-pyrrole nitrogens is 1. The molecule has 21 heavy (non-hydrogen) atoms. The van der Waals surface area contributed by atoms with E-state index in [1.807, 2.05) is 31.4 Å². The number of nitrogens with zero attached hydrogens (tertiary/aromatic N) is 1. The lowest BCUT2D eigenvalue weighted by Gasteiger charge is -2.11. The molecule has 0 saturated carbocycles. The average molecular weight is 306 g/mol. The van der Waals surface area contributed by atoms with Gasteiger partial charge in [0.2, 0.25) is 0 Å². The standard InChI is InChI=1S/C15H18N2O3S/c1-9-12(14(18)17-15(16-9)21-4)7-10-5-6-11(19-2)8-13(10)20-3/h5-6,8H,7H2,1-4H3,(H,16,17,18). The van der Waals surface area contributed by atoms with Gasteiger partial charge in [0, 0.05) is 23.7 Å². The Hall–Kier alpha value is -1.95. The molecular weight excluding hydrogens is 288 g/mol. The molecule has 0 aliphatic heterocycles. The summed E-state index contributed by atoms with van der Waals surface area (Å²) in [4.78, 5) is 19.3. The number of methoxy groups -OCH3 is 2. The molecule has 1 aromatic heterocycles. The second-order valence-corrected chi connectivity index (χ2v) is 5.29.